The fourth-order valence-corrected chi connectivity index (χ4v) is 1.73. The molecule has 1 aromatic carbocycles. The van der Waals surface area contributed by atoms with Crippen LogP contribution in [-0.2, 0) is 6.54 Å². The van der Waals surface area contributed by atoms with Crippen LogP contribution in [0.5, 0.6) is 5.75 Å². The second kappa shape index (κ2) is 7.33. The number of para-hydroxylation sites is 1. The summed E-state index contributed by atoms with van der Waals surface area (Å²) in [5.41, 5.74) is 0.639. The number of rotatable bonds is 7. The minimum atomic E-state index is -0.122. The first-order valence-electron chi connectivity index (χ1n) is 6.78. The Morgan fingerprint density at radius 3 is 2.80 bits per heavy atom. The van der Waals surface area contributed by atoms with Crippen LogP contribution in [0.25, 0.3) is 0 Å². The van der Waals surface area contributed by atoms with Crippen molar-refractivity contribution in [2.75, 3.05) is 18.5 Å². The SMILES string of the molecule is CCCNc1cnn(CCOc2ccccc2)c(=O)c1. The minimum Gasteiger partial charge on any atom is -0.492 e. The quantitative estimate of drug-likeness (QED) is 0.839. The molecule has 106 valence electrons. The van der Waals surface area contributed by atoms with E-state index in [1.54, 1.807) is 12.3 Å². The first kappa shape index (κ1) is 14.1. The maximum atomic E-state index is 11.9. The summed E-state index contributed by atoms with van der Waals surface area (Å²) in [6.45, 7) is 3.76. The fraction of sp³-hybridized carbons (Fsp3) is 0.333. The zero-order chi connectivity index (χ0) is 14.2. The molecular formula is C15H19N3O2. The Labute approximate surface area is 118 Å². The summed E-state index contributed by atoms with van der Waals surface area (Å²) in [5, 5.41) is 7.26. The lowest BCUT2D eigenvalue weighted by molar-refractivity contribution is 0.288. The number of nitrogens with zero attached hydrogens (tertiary/aromatic N) is 2. The van der Waals surface area contributed by atoms with Crippen LogP contribution >= 0.6 is 0 Å². The van der Waals surface area contributed by atoms with Crippen molar-refractivity contribution in [3.8, 4) is 5.75 Å². The third kappa shape index (κ3) is 4.12. The van der Waals surface area contributed by atoms with Gasteiger partial charge in [0.15, 0.2) is 0 Å². The van der Waals surface area contributed by atoms with E-state index in [2.05, 4.69) is 17.3 Å². The Balaban J connectivity index is 1.88. The molecule has 20 heavy (non-hydrogen) atoms. The van der Waals surface area contributed by atoms with Gasteiger partial charge in [0.2, 0.25) is 0 Å². The highest BCUT2D eigenvalue weighted by atomic mass is 16.5. The molecule has 2 aromatic rings. The number of ether oxygens (including phenoxy) is 1. The highest BCUT2D eigenvalue weighted by molar-refractivity contribution is 5.38. The third-order valence-corrected chi connectivity index (χ3v) is 2.76. The van der Waals surface area contributed by atoms with Crippen molar-refractivity contribution in [2.24, 2.45) is 0 Å². The van der Waals surface area contributed by atoms with E-state index in [0.29, 0.717) is 13.2 Å². The lowest BCUT2D eigenvalue weighted by Gasteiger charge is -2.08. The van der Waals surface area contributed by atoms with E-state index in [4.69, 9.17) is 4.74 Å². The van der Waals surface area contributed by atoms with Crippen molar-refractivity contribution >= 4 is 5.69 Å². The third-order valence-electron chi connectivity index (χ3n) is 2.76. The Morgan fingerprint density at radius 1 is 1.30 bits per heavy atom. The summed E-state index contributed by atoms with van der Waals surface area (Å²) in [6.07, 6.45) is 2.67. The van der Waals surface area contributed by atoms with Crippen LogP contribution in [0.3, 0.4) is 0 Å². The van der Waals surface area contributed by atoms with Crippen molar-refractivity contribution in [3.63, 3.8) is 0 Å². The van der Waals surface area contributed by atoms with Gasteiger partial charge >= 0.3 is 0 Å². The highest BCUT2D eigenvalue weighted by Crippen LogP contribution is 2.07. The average molecular weight is 273 g/mol. The van der Waals surface area contributed by atoms with Crippen LogP contribution in [0.1, 0.15) is 13.3 Å². The molecule has 2 rings (SSSR count). The molecule has 0 bridgehead atoms. The van der Waals surface area contributed by atoms with Crippen molar-refractivity contribution in [1.29, 1.82) is 0 Å². The van der Waals surface area contributed by atoms with Crippen LogP contribution in [0.15, 0.2) is 47.4 Å². The van der Waals surface area contributed by atoms with Gasteiger partial charge in [-0.2, -0.15) is 5.10 Å². The van der Waals surface area contributed by atoms with Crippen molar-refractivity contribution in [2.45, 2.75) is 19.9 Å². The smallest absolute Gasteiger partial charge is 0.268 e. The van der Waals surface area contributed by atoms with E-state index in [-0.39, 0.29) is 5.56 Å². The molecule has 0 saturated carbocycles. The summed E-state index contributed by atoms with van der Waals surface area (Å²) in [4.78, 5) is 11.9. The molecule has 0 radical (unpaired) electrons. The Bertz CT molecular complexity index is 581. The van der Waals surface area contributed by atoms with E-state index in [0.717, 1.165) is 24.4 Å². The monoisotopic (exact) mass is 273 g/mol. The van der Waals surface area contributed by atoms with Crippen LogP contribution in [0.2, 0.25) is 0 Å². The zero-order valence-corrected chi connectivity index (χ0v) is 11.6. The van der Waals surface area contributed by atoms with Gasteiger partial charge in [0, 0.05) is 12.6 Å². The van der Waals surface area contributed by atoms with Gasteiger partial charge in [-0.3, -0.25) is 4.79 Å². The molecule has 0 aliphatic rings. The fourth-order valence-electron chi connectivity index (χ4n) is 1.73. The molecule has 0 saturated heterocycles. The molecule has 0 unspecified atom stereocenters. The normalized spacial score (nSPS) is 10.2. The first-order valence-corrected chi connectivity index (χ1v) is 6.78. The second-order valence-corrected chi connectivity index (χ2v) is 4.39. The van der Waals surface area contributed by atoms with Crippen LogP contribution in [0, 0.1) is 0 Å². The molecular weight excluding hydrogens is 254 g/mol. The predicted molar refractivity (Wildman–Crippen MR) is 79.2 cm³/mol. The van der Waals surface area contributed by atoms with Crippen molar-refractivity contribution in [1.82, 2.24) is 9.78 Å². The van der Waals surface area contributed by atoms with E-state index >= 15 is 0 Å². The summed E-state index contributed by atoms with van der Waals surface area (Å²) in [5.74, 6) is 0.793. The largest absolute Gasteiger partial charge is 0.492 e. The van der Waals surface area contributed by atoms with Gasteiger partial charge in [-0.15, -0.1) is 0 Å². The van der Waals surface area contributed by atoms with Gasteiger partial charge in [0.25, 0.3) is 5.56 Å². The number of benzene rings is 1. The van der Waals surface area contributed by atoms with E-state index in [1.807, 2.05) is 30.3 Å². The summed E-state index contributed by atoms with van der Waals surface area (Å²) >= 11 is 0. The van der Waals surface area contributed by atoms with Gasteiger partial charge in [-0.25, -0.2) is 4.68 Å². The van der Waals surface area contributed by atoms with Crippen molar-refractivity contribution in [3.05, 3.63) is 52.9 Å². The van der Waals surface area contributed by atoms with Crippen LogP contribution in [-0.4, -0.2) is 22.9 Å². The van der Waals surface area contributed by atoms with E-state index < -0.39 is 0 Å². The molecule has 0 atom stereocenters. The van der Waals surface area contributed by atoms with E-state index in [1.165, 1.54) is 4.68 Å². The van der Waals surface area contributed by atoms with E-state index in [9.17, 15) is 4.79 Å². The van der Waals surface area contributed by atoms with Crippen LogP contribution < -0.4 is 15.6 Å². The van der Waals surface area contributed by atoms with Gasteiger partial charge in [-0.1, -0.05) is 25.1 Å². The lowest BCUT2D eigenvalue weighted by Crippen LogP contribution is -2.25. The average Bonchev–Trinajstić information content (AvgIpc) is 2.48. The number of hydrogen-bond acceptors (Lipinski definition) is 4. The van der Waals surface area contributed by atoms with Gasteiger partial charge in [-0.05, 0) is 18.6 Å². The predicted octanol–water partition coefficient (Wildman–Crippen LogP) is 2.14. The molecule has 1 N–H and O–H groups in total. The molecule has 5 heteroatoms. The second-order valence-electron chi connectivity index (χ2n) is 4.39. The molecule has 0 aliphatic carbocycles. The lowest BCUT2D eigenvalue weighted by atomic mass is 10.3. The number of nitrogens with one attached hydrogen (secondary N) is 1. The molecule has 1 aromatic heterocycles. The first-order chi connectivity index (χ1) is 9.79. The minimum absolute atomic E-state index is 0.122. The summed E-state index contributed by atoms with van der Waals surface area (Å²) in [6, 6.07) is 11.1. The standard InChI is InChI=1S/C15H19N3O2/c1-2-8-16-13-11-15(19)18(17-12-13)9-10-20-14-6-4-3-5-7-14/h3-7,11-12,16H,2,8-10H2,1H3. The molecule has 1 heterocycles. The summed E-state index contributed by atoms with van der Waals surface area (Å²) in [7, 11) is 0. The maximum absolute atomic E-state index is 11.9. The number of anilines is 1. The molecule has 0 fully saturated rings. The molecule has 5 nitrogen and oxygen atoms in total. The topological polar surface area (TPSA) is 56.1 Å². The maximum Gasteiger partial charge on any atom is 0.268 e. The zero-order valence-electron chi connectivity index (χ0n) is 11.6. The highest BCUT2D eigenvalue weighted by Gasteiger charge is 2.00. The molecule has 0 spiro atoms. The summed E-state index contributed by atoms with van der Waals surface area (Å²) < 4.78 is 6.95. The van der Waals surface area contributed by atoms with Crippen molar-refractivity contribution < 1.29 is 4.74 Å². The van der Waals surface area contributed by atoms with Crippen LogP contribution in [0.4, 0.5) is 5.69 Å². The van der Waals surface area contributed by atoms with Gasteiger partial charge < -0.3 is 10.1 Å². The Kier molecular flexibility index (Phi) is 5.17. The van der Waals surface area contributed by atoms with Gasteiger partial charge in [0.05, 0.1) is 18.4 Å². The Hall–Kier alpha value is -2.30. The number of hydrogen-bond donors (Lipinski definition) is 1. The number of aromatic nitrogens is 2. The molecule has 0 aliphatic heterocycles. The molecule has 0 amide bonds. The van der Waals surface area contributed by atoms with Gasteiger partial charge in [0.1, 0.15) is 12.4 Å². The Morgan fingerprint density at radius 2 is 2.10 bits per heavy atom.